The summed E-state index contributed by atoms with van der Waals surface area (Å²) in [5.74, 6) is 5.64. The molecule has 9 nitrogen and oxygen atoms in total. The van der Waals surface area contributed by atoms with Gasteiger partial charge in [0.2, 0.25) is 0 Å². The van der Waals surface area contributed by atoms with E-state index in [1.54, 1.807) is 0 Å². The Hall–Kier alpha value is -1.81. The third kappa shape index (κ3) is 4.34. The molecule has 2 aromatic rings. The summed E-state index contributed by atoms with van der Waals surface area (Å²) in [6.45, 7) is 0. The molecule has 2 rings (SSSR count). The zero-order valence-corrected chi connectivity index (χ0v) is 13.7. The van der Waals surface area contributed by atoms with Crippen LogP contribution >= 0.6 is 48.0 Å². The lowest BCUT2D eigenvalue weighted by Crippen LogP contribution is -2.10. The predicted octanol–water partition coefficient (Wildman–Crippen LogP) is 2.50. The third-order valence-corrected chi connectivity index (χ3v) is 2.96. The summed E-state index contributed by atoms with van der Waals surface area (Å²) >= 11 is 11.8. The second-order valence-corrected chi connectivity index (χ2v) is 4.27. The molecule has 0 aliphatic heterocycles. The van der Waals surface area contributed by atoms with Crippen molar-refractivity contribution in [2.45, 2.75) is 0 Å². The number of hydrazone groups is 1. The van der Waals surface area contributed by atoms with E-state index < -0.39 is 4.92 Å². The molecule has 0 aliphatic rings. The Morgan fingerprint density at radius 2 is 2.09 bits per heavy atom. The van der Waals surface area contributed by atoms with Crippen LogP contribution < -0.4 is 11.3 Å². The minimum absolute atomic E-state index is 0. The van der Waals surface area contributed by atoms with Crippen molar-refractivity contribution < 1.29 is 4.92 Å². The van der Waals surface area contributed by atoms with Crippen LogP contribution in [-0.4, -0.2) is 26.0 Å². The predicted molar refractivity (Wildman–Crippen MR) is 89.0 cm³/mol. The van der Waals surface area contributed by atoms with Gasteiger partial charge in [-0.3, -0.25) is 10.1 Å². The molecule has 120 valence electrons. The maximum atomic E-state index is 10.8. The Morgan fingerprint density at radius 3 is 2.64 bits per heavy atom. The van der Waals surface area contributed by atoms with Gasteiger partial charge in [-0.1, -0.05) is 23.2 Å². The lowest BCUT2D eigenvalue weighted by molar-refractivity contribution is -0.384. The van der Waals surface area contributed by atoms with Gasteiger partial charge in [-0.25, -0.2) is 10.1 Å². The van der Waals surface area contributed by atoms with Crippen molar-refractivity contribution in [1.82, 2.24) is 14.9 Å². The van der Waals surface area contributed by atoms with Crippen LogP contribution in [0.5, 0.6) is 0 Å². The Kier molecular flexibility index (Phi) is 7.88. The standard InChI is InChI=1S/C9H7Cl2N7O2.2ClH/c10-6-1-2-7(18(19)20)8(11)5(6)3-13-15-9-16-14-4-17(9)12;;/h1-4H,12H2,(H,15,16);2*1H/b13-3+;;. The van der Waals surface area contributed by atoms with Crippen molar-refractivity contribution in [3.8, 4) is 0 Å². The molecule has 0 spiro atoms. The van der Waals surface area contributed by atoms with Gasteiger partial charge in [0.25, 0.3) is 11.6 Å². The summed E-state index contributed by atoms with van der Waals surface area (Å²) in [6.07, 6.45) is 2.50. The summed E-state index contributed by atoms with van der Waals surface area (Å²) in [4.78, 5) is 10.2. The molecule has 1 aromatic heterocycles. The maximum Gasteiger partial charge on any atom is 0.288 e. The molecule has 0 fully saturated rings. The fraction of sp³-hybridized carbons (Fsp3) is 0. The maximum absolute atomic E-state index is 10.8. The van der Waals surface area contributed by atoms with Crippen molar-refractivity contribution >= 4 is 65.9 Å². The molecule has 0 saturated heterocycles. The van der Waals surface area contributed by atoms with E-state index in [-0.39, 0.29) is 52.1 Å². The summed E-state index contributed by atoms with van der Waals surface area (Å²) in [5.41, 5.74) is 2.43. The van der Waals surface area contributed by atoms with E-state index in [9.17, 15) is 10.1 Å². The number of nitrogens with one attached hydrogen (secondary N) is 1. The highest BCUT2D eigenvalue weighted by molar-refractivity contribution is 6.40. The molecule has 0 aliphatic carbocycles. The van der Waals surface area contributed by atoms with E-state index in [4.69, 9.17) is 29.0 Å². The Morgan fingerprint density at radius 1 is 1.41 bits per heavy atom. The monoisotopic (exact) mass is 387 g/mol. The highest BCUT2D eigenvalue weighted by atomic mass is 35.5. The molecule has 0 radical (unpaired) electrons. The third-order valence-electron chi connectivity index (χ3n) is 2.23. The van der Waals surface area contributed by atoms with Gasteiger partial charge in [0.05, 0.1) is 16.2 Å². The first-order chi connectivity index (χ1) is 9.50. The lowest BCUT2D eigenvalue weighted by atomic mass is 10.2. The van der Waals surface area contributed by atoms with Crippen LogP contribution in [0.2, 0.25) is 10.0 Å². The van der Waals surface area contributed by atoms with Crippen molar-refractivity contribution in [3.05, 3.63) is 44.2 Å². The number of benzene rings is 1. The van der Waals surface area contributed by atoms with E-state index in [1.165, 1.54) is 24.7 Å². The van der Waals surface area contributed by atoms with Crippen LogP contribution in [0.4, 0.5) is 11.6 Å². The number of nitrogens with zero attached hydrogens (tertiary/aromatic N) is 5. The normalized spacial score (nSPS) is 9.91. The summed E-state index contributed by atoms with van der Waals surface area (Å²) in [6, 6.07) is 2.57. The Balaban J connectivity index is 0.00000220. The molecule has 0 amide bonds. The zero-order chi connectivity index (χ0) is 14.7. The van der Waals surface area contributed by atoms with Crippen LogP contribution in [0.1, 0.15) is 5.56 Å². The molecule has 0 bridgehead atoms. The number of nitrogen functional groups attached to an aromatic ring is 1. The Labute approximate surface area is 146 Å². The number of hydrogen-bond acceptors (Lipinski definition) is 7. The van der Waals surface area contributed by atoms with Crippen LogP contribution in [-0.2, 0) is 0 Å². The number of nitrogens with two attached hydrogens (primary N) is 1. The molecule has 3 N–H and O–H groups in total. The number of nitro benzene ring substituents is 1. The Bertz CT molecular complexity index is 691. The van der Waals surface area contributed by atoms with Gasteiger partial charge >= 0.3 is 0 Å². The van der Waals surface area contributed by atoms with Gasteiger partial charge in [0.1, 0.15) is 11.3 Å². The number of halogens is 4. The minimum atomic E-state index is -0.611. The average molecular weight is 389 g/mol. The largest absolute Gasteiger partial charge is 0.335 e. The SMILES string of the molecule is Cl.Cl.Nn1cnnc1N/N=C/c1c(Cl)ccc([N+](=O)[O-])c1Cl. The second kappa shape index (κ2) is 8.59. The first-order valence-corrected chi connectivity index (χ1v) is 5.83. The average Bonchev–Trinajstić information content (AvgIpc) is 2.78. The van der Waals surface area contributed by atoms with Gasteiger partial charge in [-0.05, 0) is 6.07 Å². The van der Waals surface area contributed by atoms with Gasteiger partial charge in [0, 0.05) is 11.6 Å². The molecule has 0 saturated carbocycles. The van der Waals surface area contributed by atoms with E-state index >= 15 is 0 Å². The van der Waals surface area contributed by atoms with Crippen LogP contribution in [0, 0.1) is 10.1 Å². The summed E-state index contributed by atoms with van der Waals surface area (Å²) < 4.78 is 1.11. The van der Waals surface area contributed by atoms with Crippen LogP contribution in [0.3, 0.4) is 0 Å². The first-order valence-electron chi connectivity index (χ1n) is 5.07. The number of aromatic nitrogens is 3. The van der Waals surface area contributed by atoms with Crippen molar-refractivity contribution in [1.29, 1.82) is 0 Å². The van der Waals surface area contributed by atoms with Gasteiger partial charge in [-0.15, -0.1) is 35.0 Å². The number of rotatable bonds is 4. The van der Waals surface area contributed by atoms with Gasteiger partial charge in [-0.2, -0.15) is 5.10 Å². The quantitative estimate of drug-likeness (QED) is 0.358. The van der Waals surface area contributed by atoms with E-state index in [2.05, 4.69) is 20.7 Å². The number of anilines is 1. The molecular weight excluding hydrogens is 380 g/mol. The lowest BCUT2D eigenvalue weighted by Gasteiger charge is -2.02. The van der Waals surface area contributed by atoms with E-state index in [1.807, 2.05) is 0 Å². The van der Waals surface area contributed by atoms with Gasteiger partial charge < -0.3 is 5.84 Å². The van der Waals surface area contributed by atoms with Crippen LogP contribution in [0.15, 0.2) is 23.6 Å². The fourth-order valence-electron chi connectivity index (χ4n) is 1.29. The molecule has 1 heterocycles. The van der Waals surface area contributed by atoms with E-state index in [0.29, 0.717) is 0 Å². The topological polar surface area (TPSA) is 124 Å². The molecule has 0 atom stereocenters. The highest BCUT2D eigenvalue weighted by Gasteiger charge is 2.17. The smallest absolute Gasteiger partial charge is 0.288 e. The molecular formula is C9H9Cl4N7O2. The molecule has 13 heteroatoms. The van der Waals surface area contributed by atoms with Gasteiger partial charge in [0.15, 0.2) is 0 Å². The van der Waals surface area contributed by atoms with Crippen LogP contribution in [0.25, 0.3) is 0 Å². The second-order valence-electron chi connectivity index (χ2n) is 3.48. The summed E-state index contributed by atoms with van der Waals surface area (Å²) in [7, 11) is 0. The number of nitro groups is 1. The van der Waals surface area contributed by atoms with Crippen molar-refractivity contribution in [2.75, 3.05) is 11.3 Å². The zero-order valence-electron chi connectivity index (χ0n) is 10.5. The number of hydrogen-bond donors (Lipinski definition) is 2. The van der Waals surface area contributed by atoms with E-state index in [0.717, 1.165) is 4.68 Å². The molecule has 22 heavy (non-hydrogen) atoms. The van der Waals surface area contributed by atoms with Crippen molar-refractivity contribution in [2.24, 2.45) is 5.10 Å². The molecule has 0 unspecified atom stereocenters. The summed E-state index contributed by atoms with van der Waals surface area (Å²) in [5, 5.41) is 21.8. The highest BCUT2D eigenvalue weighted by Crippen LogP contribution is 2.31. The fourth-order valence-corrected chi connectivity index (χ4v) is 1.83. The minimum Gasteiger partial charge on any atom is -0.335 e. The first kappa shape index (κ1) is 20.2. The molecule has 1 aromatic carbocycles. The van der Waals surface area contributed by atoms with Crippen molar-refractivity contribution in [3.63, 3.8) is 0 Å².